The third-order valence-corrected chi connectivity index (χ3v) is 2.61. The molecule has 0 fully saturated rings. The standard InChI is InChI=1S/C13H8ClF3O/c14-11-4-3-10(6-13(11)17)18-7-8-1-2-9(15)5-12(8)16/h1-6H,7H2. The van der Waals surface area contributed by atoms with Crippen LogP contribution in [0, 0.1) is 17.5 Å². The topological polar surface area (TPSA) is 9.23 Å². The highest BCUT2D eigenvalue weighted by molar-refractivity contribution is 6.30. The van der Waals surface area contributed by atoms with E-state index in [1.807, 2.05) is 0 Å². The molecule has 2 aromatic carbocycles. The molecule has 2 aromatic rings. The highest BCUT2D eigenvalue weighted by atomic mass is 35.5. The zero-order valence-electron chi connectivity index (χ0n) is 9.09. The quantitative estimate of drug-likeness (QED) is 0.808. The second-order valence-electron chi connectivity index (χ2n) is 3.60. The maximum Gasteiger partial charge on any atom is 0.145 e. The molecule has 2 rings (SSSR count). The van der Waals surface area contributed by atoms with E-state index in [0.29, 0.717) is 0 Å². The van der Waals surface area contributed by atoms with Gasteiger partial charge in [0.15, 0.2) is 0 Å². The van der Waals surface area contributed by atoms with Crippen LogP contribution in [0.25, 0.3) is 0 Å². The van der Waals surface area contributed by atoms with E-state index in [4.69, 9.17) is 16.3 Å². The first-order valence-corrected chi connectivity index (χ1v) is 5.46. The Bertz CT molecular complexity index is 572. The van der Waals surface area contributed by atoms with E-state index in [-0.39, 0.29) is 22.9 Å². The van der Waals surface area contributed by atoms with Gasteiger partial charge in [-0.1, -0.05) is 11.6 Å². The van der Waals surface area contributed by atoms with Gasteiger partial charge in [0, 0.05) is 17.7 Å². The lowest BCUT2D eigenvalue weighted by Gasteiger charge is -2.07. The Morgan fingerprint density at radius 3 is 2.39 bits per heavy atom. The molecule has 0 bridgehead atoms. The zero-order valence-corrected chi connectivity index (χ0v) is 9.85. The van der Waals surface area contributed by atoms with Crippen molar-refractivity contribution in [3.63, 3.8) is 0 Å². The van der Waals surface area contributed by atoms with Crippen LogP contribution in [0.4, 0.5) is 13.2 Å². The minimum atomic E-state index is -0.704. The van der Waals surface area contributed by atoms with Crippen LogP contribution < -0.4 is 4.74 Å². The number of rotatable bonds is 3. The van der Waals surface area contributed by atoms with E-state index in [1.165, 1.54) is 18.2 Å². The first-order valence-electron chi connectivity index (χ1n) is 5.08. The molecule has 0 aliphatic carbocycles. The van der Waals surface area contributed by atoms with Crippen molar-refractivity contribution >= 4 is 11.6 Å². The van der Waals surface area contributed by atoms with Crippen LogP contribution in [-0.4, -0.2) is 0 Å². The summed E-state index contributed by atoms with van der Waals surface area (Å²) in [7, 11) is 0. The predicted molar refractivity (Wildman–Crippen MR) is 62.1 cm³/mol. The van der Waals surface area contributed by atoms with Gasteiger partial charge in [0.1, 0.15) is 29.8 Å². The number of hydrogen-bond acceptors (Lipinski definition) is 1. The Kier molecular flexibility index (Phi) is 3.77. The summed E-state index contributed by atoms with van der Waals surface area (Å²) in [5, 5.41) is -0.0182. The fraction of sp³-hybridized carbons (Fsp3) is 0.0769. The molecule has 0 atom stereocenters. The van der Waals surface area contributed by atoms with Crippen LogP contribution in [0.15, 0.2) is 36.4 Å². The second-order valence-corrected chi connectivity index (χ2v) is 4.01. The van der Waals surface area contributed by atoms with E-state index >= 15 is 0 Å². The van der Waals surface area contributed by atoms with Crippen LogP contribution in [0.5, 0.6) is 5.75 Å². The molecule has 0 radical (unpaired) electrons. The van der Waals surface area contributed by atoms with Crippen molar-refractivity contribution in [2.45, 2.75) is 6.61 Å². The van der Waals surface area contributed by atoms with Crippen LogP contribution in [0.2, 0.25) is 5.02 Å². The van der Waals surface area contributed by atoms with E-state index in [2.05, 4.69) is 0 Å². The average molecular weight is 273 g/mol. The number of benzene rings is 2. The fourth-order valence-corrected chi connectivity index (χ4v) is 1.48. The first-order chi connectivity index (χ1) is 8.56. The molecule has 1 nitrogen and oxygen atoms in total. The Hall–Kier alpha value is -1.68. The van der Waals surface area contributed by atoms with Crippen molar-refractivity contribution < 1.29 is 17.9 Å². The van der Waals surface area contributed by atoms with Crippen LogP contribution in [-0.2, 0) is 6.61 Å². The monoisotopic (exact) mass is 272 g/mol. The molecular formula is C13H8ClF3O. The molecule has 0 N–H and O–H groups in total. The van der Waals surface area contributed by atoms with Gasteiger partial charge in [-0.3, -0.25) is 0 Å². The molecule has 18 heavy (non-hydrogen) atoms. The van der Waals surface area contributed by atoms with Gasteiger partial charge in [-0.2, -0.15) is 0 Å². The predicted octanol–water partition coefficient (Wildman–Crippen LogP) is 4.34. The largest absolute Gasteiger partial charge is 0.489 e. The van der Waals surface area contributed by atoms with Gasteiger partial charge < -0.3 is 4.74 Å². The Morgan fingerprint density at radius 1 is 0.944 bits per heavy atom. The van der Waals surface area contributed by atoms with Gasteiger partial charge in [-0.25, -0.2) is 13.2 Å². The van der Waals surface area contributed by atoms with Crippen molar-refractivity contribution in [2.75, 3.05) is 0 Å². The lowest BCUT2D eigenvalue weighted by molar-refractivity contribution is 0.298. The Morgan fingerprint density at radius 2 is 1.72 bits per heavy atom. The smallest absolute Gasteiger partial charge is 0.145 e. The fourth-order valence-electron chi connectivity index (χ4n) is 1.37. The maximum absolute atomic E-state index is 13.3. The summed E-state index contributed by atoms with van der Waals surface area (Å²) < 4.78 is 44.2. The summed E-state index contributed by atoms with van der Waals surface area (Å²) >= 11 is 5.51. The van der Waals surface area contributed by atoms with Crippen LogP contribution in [0.1, 0.15) is 5.56 Å². The van der Waals surface area contributed by atoms with Crippen LogP contribution in [0.3, 0.4) is 0 Å². The van der Waals surface area contributed by atoms with E-state index < -0.39 is 17.5 Å². The summed E-state index contributed by atoms with van der Waals surface area (Å²) in [6.45, 7) is -0.118. The summed E-state index contributed by atoms with van der Waals surface area (Å²) in [6, 6.07) is 7.08. The van der Waals surface area contributed by atoms with Crippen LogP contribution >= 0.6 is 11.6 Å². The summed E-state index contributed by atoms with van der Waals surface area (Å²) in [5.74, 6) is -1.76. The van der Waals surface area contributed by atoms with Gasteiger partial charge in [-0.05, 0) is 24.3 Å². The molecule has 0 amide bonds. The first kappa shape index (κ1) is 12.8. The van der Waals surface area contributed by atoms with Crippen molar-refractivity contribution in [1.82, 2.24) is 0 Å². The van der Waals surface area contributed by atoms with Crippen molar-refractivity contribution in [3.05, 3.63) is 64.4 Å². The van der Waals surface area contributed by atoms with Gasteiger partial charge >= 0.3 is 0 Å². The maximum atomic E-state index is 13.3. The van der Waals surface area contributed by atoms with Crippen molar-refractivity contribution in [2.24, 2.45) is 0 Å². The van der Waals surface area contributed by atoms with Gasteiger partial charge in [0.25, 0.3) is 0 Å². The molecule has 94 valence electrons. The highest BCUT2D eigenvalue weighted by Crippen LogP contribution is 2.21. The molecule has 0 aliphatic rings. The summed E-state index contributed by atoms with van der Waals surface area (Å²) in [6.07, 6.45) is 0. The molecule has 0 unspecified atom stereocenters. The highest BCUT2D eigenvalue weighted by Gasteiger charge is 2.06. The number of hydrogen-bond donors (Lipinski definition) is 0. The van der Waals surface area contributed by atoms with Gasteiger partial charge in [-0.15, -0.1) is 0 Å². The Balaban J connectivity index is 2.09. The lowest BCUT2D eigenvalue weighted by Crippen LogP contribution is -1.99. The normalized spacial score (nSPS) is 10.4. The second kappa shape index (κ2) is 5.31. The zero-order chi connectivity index (χ0) is 13.1. The third-order valence-electron chi connectivity index (χ3n) is 2.30. The summed E-state index contributed by atoms with van der Waals surface area (Å²) in [4.78, 5) is 0. The average Bonchev–Trinajstić information content (AvgIpc) is 2.32. The molecular weight excluding hydrogens is 265 g/mol. The van der Waals surface area contributed by atoms with E-state index in [9.17, 15) is 13.2 Å². The van der Waals surface area contributed by atoms with Gasteiger partial charge in [0.05, 0.1) is 5.02 Å². The Labute approximate surface area is 107 Å². The molecule has 0 saturated carbocycles. The minimum absolute atomic E-state index is 0.0182. The molecule has 0 aromatic heterocycles. The third kappa shape index (κ3) is 2.96. The van der Waals surface area contributed by atoms with E-state index in [1.54, 1.807) is 0 Å². The number of halogens is 4. The molecule has 0 spiro atoms. The molecule has 0 heterocycles. The molecule has 0 aliphatic heterocycles. The van der Waals surface area contributed by atoms with E-state index in [0.717, 1.165) is 18.2 Å². The molecule has 0 saturated heterocycles. The summed E-state index contributed by atoms with van der Waals surface area (Å²) in [5.41, 5.74) is 0.187. The lowest BCUT2D eigenvalue weighted by atomic mass is 10.2. The minimum Gasteiger partial charge on any atom is -0.489 e. The molecule has 5 heteroatoms. The SMILES string of the molecule is Fc1ccc(COc2ccc(Cl)c(F)c2)c(F)c1. The van der Waals surface area contributed by atoms with Crippen molar-refractivity contribution in [3.8, 4) is 5.75 Å². The number of ether oxygens (including phenoxy) is 1. The van der Waals surface area contributed by atoms with Gasteiger partial charge in [0.2, 0.25) is 0 Å². The van der Waals surface area contributed by atoms with Crippen molar-refractivity contribution in [1.29, 1.82) is 0 Å².